The summed E-state index contributed by atoms with van der Waals surface area (Å²) in [5.74, 6) is 1.81. The first-order chi connectivity index (χ1) is 9.74. The van der Waals surface area contributed by atoms with E-state index in [4.69, 9.17) is 9.47 Å². The van der Waals surface area contributed by atoms with Gasteiger partial charge in [-0.15, -0.1) is 0 Å². The van der Waals surface area contributed by atoms with Crippen LogP contribution in [0, 0.1) is 5.41 Å². The zero-order chi connectivity index (χ0) is 14.0. The van der Waals surface area contributed by atoms with Crippen molar-refractivity contribution in [2.24, 2.45) is 5.41 Å². The van der Waals surface area contributed by atoms with E-state index in [1.807, 2.05) is 24.3 Å². The Balaban J connectivity index is 1.73. The Morgan fingerprint density at radius 3 is 2.45 bits per heavy atom. The largest absolute Gasteiger partial charge is 0.497 e. The molecule has 0 amide bonds. The molecule has 2 atom stereocenters. The van der Waals surface area contributed by atoms with E-state index in [9.17, 15) is 0 Å². The lowest BCUT2D eigenvalue weighted by atomic mass is 9.61. The van der Waals surface area contributed by atoms with Crippen molar-refractivity contribution in [1.29, 1.82) is 0 Å². The minimum Gasteiger partial charge on any atom is -0.497 e. The van der Waals surface area contributed by atoms with Crippen LogP contribution in [0.25, 0.3) is 0 Å². The minimum atomic E-state index is 0.358. The van der Waals surface area contributed by atoms with Crippen molar-refractivity contribution < 1.29 is 9.47 Å². The van der Waals surface area contributed by atoms with Gasteiger partial charge >= 0.3 is 0 Å². The number of ether oxygens (including phenoxy) is 2. The average molecular weight is 339 g/mol. The number of halogens is 1. The molecular formula is C17H23BrO2. The maximum Gasteiger partial charge on any atom is 0.123 e. The fourth-order valence-corrected chi connectivity index (χ4v) is 4.82. The van der Waals surface area contributed by atoms with Gasteiger partial charge in [0.2, 0.25) is 0 Å². The van der Waals surface area contributed by atoms with Crippen LogP contribution in [0.4, 0.5) is 0 Å². The normalized spacial score (nSPS) is 28.5. The van der Waals surface area contributed by atoms with Gasteiger partial charge < -0.3 is 9.47 Å². The van der Waals surface area contributed by atoms with Crippen LogP contribution in [0.3, 0.4) is 0 Å². The molecule has 20 heavy (non-hydrogen) atoms. The highest BCUT2D eigenvalue weighted by Crippen LogP contribution is 2.55. The van der Waals surface area contributed by atoms with Crippen LogP contribution in [0.1, 0.15) is 44.9 Å². The van der Waals surface area contributed by atoms with Gasteiger partial charge in [0.1, 0.15) is 17.6 Å². The monoisotopic (exact) mass is 338 g/mol. The molecule has 1 aromatic rings. The third-order valence-electron chi connectivity index (χ3n) is 5.04. The van der Waals surface area contributed by atoms with Crippen molar-refractivity contribution in [3.63, 3.8) is 0 Å². The maximum absolute atomic E-state index is 6.30. The number of hydrogen-bond donors (Lipinski definition) is 0. The van der Waals surface area contributed by atoms with E-state index in [1.165, 1.54) is 38.5 Å². The standard InChI is InChI=1S/C17H23BrO2/c1-19-13-7-6-8-14(11-13)20-16-12-15(18)17(16)9-4-2-3-5-10-17/h6-8,11,15-16H,2-5,9-10,12H2,1H3. The van der Waals surface area contributed by atoms with Crippen molar-refractivity contribution in [3.05, 3.63) is 24.3 Å². The summed E-state index contributed by atoms with van der Waals surface area (Å²) in [6, 6.07) is 7.99. The third-order valence-corrected chi connectivity index (χ3v) is 6.33. The Morgan fingerprint density at radius 2 is 1.80 bits per heavy atom. The molecule has 110 valence electrons. The molecule has 2 unspecified atom stereocenters. The molecule has 0 saturated heterocycles. The molecule has 1 spiro atoms. The van der Waals surface area contributed by atoms with Crippen molar-refractivity contribution in [1.82, 2.24) is 0 Å². The molecule has 0 radical (unpaired) electrons. The van der Waals surface area contributed by atoms with E-state index in [-0.39, 0.29) is 0 Å². The van der Waals surface area contributed by atoms with Crippen LogP contribution in [-0.4, -0.2) is 18.0 Å². The maximum atomic E-state index is 6.30. The summed E-state index contributed by atoms with van der Waals surface area (Å²) < 4.78 is 11.6. The van der Waals surface area contributed by atoms with E-state index in [0.29, 0.717) is 16.3 Å². The highest BCUT2D eigenvalue weighted by molar-refractivity contribution is 9.09. The quantitative estimate of drug-likeness (QED) is 0.726. The Labute approximate surface area is 130 Å². The average Bonchev–Trinajstić information content (AvgIpc) is 2.75. The van der Waals surface area contributed by atoms with E-state index < -0.39 is 0 Å². The van der Waals surface area contributed by atoms with Gasteiger partial charge in [-0.05, 0) is 31.4 Å². The van der Waals surface area contributed by atoms with Crippen molar-refractivity contribution >= 4 is 15.9 Å². The molecule has 0 bridgehead atoms. The molecule has 2 aliphatic carbocycles. The van der Waals surface area contributed by atoms with Gasteiger partial charge in [-0.2, -0.15) is 0 Å². The Bertz CT molecular complexity index is 452. The van der Waals surface area contributed by atoms with Gasteiger partial charge in [-0.3, -0.25) is 0 Å². The molecule has 2 aliphatic rings. The number of rotatable bonds is 3. The molecule has 1 aromatic carbocycles. The molecule has 2 saturated carbocycles. The Kier molecular flexibility index (Phi) is 4.25. The third kappa shape index (κ3) is 2.57. The van der Waals surface area contributed by atoms with Crippen molar-refractivity contribution in [3.8, 4) is 11.5 Å². The van der Waals surface area contributed by atoms with Crippen LogP contribution < -0.4 is 9.47 Å². The lowest BCUT2D eigenvalue weighted by Gasteiger charge is -2.53. The first-order valence-corrected chi connectivity index (χ1v) is 8.61. The summed E-state index contributed by atoms with van der Waals surface area (Å²) in [4.78, 5) is 0.628. The minimum absolute atomic E-state index is 0.358. The Morgan fingerprint density at radius 1 is 1.10 bits per heavy atom. The number of methoxy groups -OCH3 is 1. The summed E-state index contributed by atoms with van der Waals surface area (Å²) in [5, 5.41) is 0. The van der Waals surface area contributed by atoms with E-state index in [0.717, 1.165) is 17.9 Å². The summed E-state index contributed by atoms with van der Waals surface area (Å²) in [6.07, 6.45) is 9.55. The summed E-state index contributed by atoms with van der Waals surface area (Å²) >= 11 is 3.89. The molecular weight excluding hydrogens is 316 g/mol. The Hall–Kier alpha value is -0.700. The highest BCUT2D eigenvalue weighted by atomic mass is 79.9. The molecule has 3 heteroatoms. The smallest absolute Gasteiger partial charge is 0.123 e. The second-order valence-corrected chi connectivity index (χ2v) is 7.24. The SMILES string of the molecule is COc1cccc(OC2CC(Br)C23CCCCCC3)c1. The van der Waals surface area contributed by atoms with Crippen molar-refractivity contribution in [2.45, 2.75) is 55.9 Å². The fraction of sp³-hybridized carbons (Fsp3) is 0.647. The molecule has 2 fully saturated rings. The number of alkyl halides is 1. The number of hydrogen-bond acceptors (Lipinski definition) is 2. The molecule has 0 aromatic heterocycles. The van der Waals surface area contributed by atoms with Crippen LogP contribution in [0.5, 0.6) is 11.5 Å². The van der Waals surface area contributed by atoms with Gasteiger partial charge in [-0.25, -0.2) is 0 Å². The first-order valence-electron chi connectivity index (χ1n) is 7.69. The molecule has 0 N–H and O–H groups in total. The van der Waals surface area contributed by atoms with E-state index >= 15 is 0 Å². The lowest BCUT2D eigenvalue weighted by Crippen LogP contribution is -2.56. The second-order valence-electron chi connectivity index (χ2n) is 6.14. The molecule has 3 rings (SSSR count). The zero-order valence-electron chi connectivity index (χ0n) is 12.1. The van der Waals surface area contributed by atoms with Crippen LogP contribution >= 0.6 is 15.9 Å². The van der Waals surface area contributed by atoms with E-state index in [2.05, 4.69) is 15.9 Å². The molecule has 0 heterocycles. The first kappa shape index (κ1) is 14.2. The van der Waals surface area contributed by atoms with Gasteiger partial charge in [-0.1, -0.05) is 47.7 Å². The van der Waals surface area contributed by atoms with Gasteiger partial charge in [0.05, 0.1) is 7.11 Å². The highest BCUT2D eigenvalue weighted by Gasteiger charge is 2.54. The van der Waals surface area contributed by atoms with Gasteiger partial charge in [0.15, 0.2) is 0 Å². The second kappa shape index (κ2) is 5.97. The fourth-order valence-electron chi connectivity index (χ4n) is 3.72. The zero-order valence-corrected chi connectivity index (χ0v) is 13.7. The molecule has 2 nitrogen and oxygen atoms in total. The summed E-state index contributed by atoms with van der Waals surface area (Å²) in [7, 11) is 1.70. The predicted molar refractivity (Wildman–Crippen MR) is 84.9 cm³/mol. The number of benzene rings is 1. The van der Waals surface area contributed by atoms with Gasteiger partial charge in [0, 0.05) is 16.3 Å². The van der Waals surface area contributed by atoms with Crippen LogP contribution in [-0.2, 0) is 0 Å². The van der Waals surface area contributed by atoms with Crippen LogP contribution in [0.2, 0.25) is 0 Å². The predicted octanol–water partition coefficient (Wildman–Crippen LogP) is 4.95. The van der Waals surface area contributed by atoms with E-state index in [1.54, 1.807) is 7.11 Å². The van der Waals surface area contributed by atoms with Crippen molar-refractivity contribution in [2.75, 3.05) is 7.11 Å². The summed E-state index contributed by atoms with van der Waals surface area (Å²) in [6.45, 7) is 0. The van der Waals surface area contributed by atoms with Gasteiger partial charge in [0.25, 0.3) is 0 Å². The molecule has 0 aliphatic heterocycles. The topological polar surface area (TPSA) is 18.5 Å². The lowest BCUT2D eigenvalue weighted by molar-refractivity contribution is -0.0462. The summed E-state index contributed by atoms with van der Waals surface area (Å²) in [5.41, 5.74) is 0.361. The van der Waals surface area contributed by atoms with Crippen LogP contribution in [0.15, 0.2) is 24.3 Å².